The molecular weight excluding hydrogens is 326 g/mol. The fraction of sp³-hybridized carbons (Fsp3) is 0.278. The van der Waals surface area contributed by atoms with E-state index in [9.17, 15) is 19.5 Å². The zero-order valence-electron chi connectivity index (χ0n) is 13.5. The summed E-state index contributed by atoms with van der Waals surface area (Å²) in [6.45, 7) is 3.80. The summed E-state index contributed by atoms with van der Waals surface area (Å²) in [7, 11) is 0. The Labute approximate surface area is 144 Å². The number of carbonyl (C=O) groups is 3. The van der Waals surface area contributed by atoms with E-state index in [2.05, 4.69) is 5.32 Å². The summed E-state index contributed by atoms with van der Waals surface area (Å²) < 4.78 is 0. The van der Waals surface area contributed by atoms with Gasteiger partial charge in [0.1, 0.15) is 0 Å². The van der Waals surface area contributed by atoms with Crippen LogP contribution in [0.2, 0.25) is 0 Å². The van der Waals surface area contributed by atoms with E-state index in [4.69, 9.17) is 0 Å². The van der Waals surface area contributed by atoms with Gasteiger partial charge in [-0.1, -0.05) is 30.3 Å². The molecule has 0 radical (unpaired) electrons. The largest absolute Gasteiger partial charge is 0.479 e. The third-order valence-electron chi connectivity index (χ3n) is 3.61. The number of hydrogen-bond donors (Lipinski definition) is 2. The molecule has 0 aliphatic carbocycles. The van der Waals surface area contributed by atoms with Crippen molar-refractivity contribution in [3.05, 3.63) is 57.3 Å². The van der Waals surface area contributed by atoms with Crippen LogP contribution in [0.4, 0.5) is 0 Å². The van der Waals surface area contributed by atoms with Gasteiger partial charge in [0, 0.05) is 28.2 Å². The number of aryl methyl sites for hydroxylation is 2. The SMILES string of the molecule is Cc1cc(C(=O)CCC(=O)NC(C(=O)O)c2ccccc2)c(C)s1. The fourth-order valence-corrected chi connectivity index (χ4v) is 3.38. The number of carboxylic acids is 1. The van der Waals surface area contributed by atoms with Crippen molar-refractivity contribution in [1.29, 1.82) is 0 Å². The third-order valence-corrected chi connectivity index (χ3v) is 4.57. The molecule has 0 spiro atoms. The molecule has 0 bridgehead atoms. The maximum Gasteiger partial charge on any atom is 0.330 e. The highest BCUT2D eigenvalue weighted by atomic mass is 32.1. The first-order valence-electron chi connectivity index (χ1n) is 7.56. The lowest BCUT2D eigenvalue weighted by atomic mass is 10.1. The smallest absolute Gasteiger partial charge is 0.330 e. The predicted molar refractivity (Wildman–Crippen MR) is 92.3 cm³/mol. The summed E-state index contributed by atoms with van der Waals surface area (Å²) in [6, 6.07) is 9.19. The number of carbonyl (C=O) groups excluding carboxylic acids is 2. The van der Waals surface area contributed by atoms with Crippen molar-refractivity contribution in [3.63, 3.8) is 0 Å². The maximum absolute atomic E-state index is 12.2. The first-order chi connectivity index (χ1) is 11.4. The predicted octanol–water partition coefficient (Wildman–Crippen LogP) is 3.27. The van der Waals surface area contributed by atoms with Gasteiger partial charge >= 0.3 is 5.97 Å². The summed E-state index contributed by atoms with van der Waals surface area (Å²) in [6.07, 6.45) is 0.0216. The average molecular weight is 345 g/mol. The zero-order valence-corrected chi connectivity index (χ0v) is 14.4. The number of carboxylic acid groups (broad SMARTS) is 1. The first-order valence-corrected chi connectivity index (χ1v) is 8.37. The van der Waals surface area contributed by atoms with Crippen LogP contribution >= 0.6 is 11.3 Å². The second kappa shape index (κ2) is 7.88. The van der Waals surface area contributed by atoms with E-state index in [0.29, 0.717) is 11.1 Å². The first kappa shape index (κ1) is 17.9. The van der Waals surface area contributed by atoms with Gasteiger partial charge in [0.25, 0.3) is 0 Å². The Morgan fingerprint density at radius 1 is 1.12 bits per heavy atom. The lowest BCUT2D eigenvalue weighted by Crippen LogP contribution is -2.33. The summed E-state index contributed by atoms with van der Waals surface area (Å²) in [5.41, 5.74) is 1.14. The van der Waals surface area contributed by atoms with Gasteiger partial charge < -0.3 is 10.4 Å². The molecule has 126 valence electrons. The molecule has 0 aliphatic heterocycles. The summed E-state index contributed by atoms with van der Waals surface area (Å²) in [5, 5.41) is 11.8. The van der Waals surface area contributed by atoms with Crippen molar-refractivity contribution in [1.82, 2.24) is 5.32 Å². The lowest BCUT2D eigenvalue weighted by molar-refractivity contribution is -0.142. The Kier molecular flexibility index (Phi) is 5.87. The van der Waals surface area contributed by atoms with Crippen molar-refractivity contribution >= 4 is 29.0 Å². The molecule has 0 saturated heterocycles. The second-order valence-electron chi connectivity index (χ2n) is 5.50. The molecule has 2 rings (SSSR count). The van der Waals surface area contributed by atoms with Crippen LogP contribution in [0.25, 0.3) is 0 Å². The molecule has 1 amide bonds. The van der Waals surface area contributed by atoms with Crippen LogP contribution in [0, 0.1) is 13.8 Å². The van der Waals surface area contributed by atoms with Crippen LogP contribution in [-0.4, -0.2) is 22.8 Å². The van der Waals surface area contributed by atoms with E-state index in [1.165, 1.54) is 0 Å². The number of Topliss-reactive ketones (excluding diaryl/α,β-unsaturated/α-hetero) is 1. The van der Waals surface area contributed by atoms with Crippen molar-refractivity contribution < 1.29 is 19.5 Å². The molecule has 0 saturated carbocycles. The summed E-state index contributed by atoms with van der Waals surface area (Å²) in [4.78, 5) is 37.6. The minimum absolute atomic E-state index is 0.0379. The normalized spacial score (nSPS) is 11.8. The van der Waals surface area contributed by atoms with E-state index in [-0.39, 0.29) is 18.6 Å². The Morgan fingerprint density at radius 2 is 1.79 bits per heavy atom. The van der Waals surface area contributed by atoms with Crippen LogP contribution in [0.1, 0.15) is 44.6 Å². The third kappa shape index (κ3) is 4.52. The Balaban J connectivity index is 1.95. The second-order valence-corrected chi connectivity index (χ2v) is 6.96. The number of nitrogens with one attached hydrogen (secondary N) is 1. The molecule has 2 N–H and O–H groups in total. The molecule has 24 heavy (non-hydrogen) atoms. The highest BCUT2D eigenvalue weighted by Crippen LogP contribution is 2.22. The lowest BCUT2D eigenvalue weighted by Gasteiger charge is -2.14. The number of thiophene rings is 1. The van der Waals surface area contributed by atoms with Gasteiger partial charge in [-0.3, -0.25) is 9.59 Å². The standard InChI is InChI=1S/C18H19NO4S/c1-11-10-14(12(2)24-11)15(20)8-9-16(21)19-17(18(22)23)13-6-4-3-5-7-13/h3-7,10,17H,8-9H2,1-2H3,(H,19,21)(H,22,23). The topological polar surface area (TPSA) is 83.5 Å². The molecule has 5 nitrogen and oxygen atoms in total. The molecule has 6 heteroatoms. The van der Waals surface area contributed by atoms with Crippen molar-refractivity contribution in [3.8, 4) is 0 Å². The molecule has 1 heterocycles. The van der Waals surface area contributed by atoms with Crippen molar-refractivity contribution in [2.45, 2.75) is 32.7 Å². The highest BCUT2D eigenvalue weighted by molar-refractivity contribution is 7.12. The van der Waals surface area contributed by atoms with E-state index >= 15 is 0 Å². The molecule has 1 atom stereocenters. The van der Waals surface area contributed by atoms with Crippen molar-refractivity contribution in [2.75, 3.05) is 0 Å². The Morgan fingerprint density at radius 3 is 2.33 bits per heavy atom. The van der Waals surface area contributed by atoms with Crippen molar-refractivity contribution in [2.24, 2.45) is 0 Å². The van der Waals surface area contributed by atoms with Crippen LogP contribution in [-0.2, 0) is 9.59 Å². The number of aliphatic carboxylic acids is 1. The quantitative estimate of drug-likeness (QED) is 0.755. The molecule has 1 aromatic heterocycles. The summed E-state index contributed by atoms with van der Waals surface area (Å²) >= 11 is 1.54. The van der Waals surface area contributed by atoms with Crippen LogP contribution in [0.5, 0.6) is 0 Å². The van der Waals surface area contributed by atoms with Crippen LogP contribution < -0.4 is 5.32 Å². The van der Waals surface area contributed by atoms with E-state index < -0.39 is 17.9 Å². The minimum Gasteiger partial charge on any atom is -0.479 e. The molecule has 1 unspecified atom stereocenters. The fourth-order valence-electron chi connectivity index (χ4n) is 2.44. The Hall–Kier alpha value is -2.47. The van der Waals surface area contributed by atoms with E-state index in [1.54, 1.807) is 41.7 Å². The van der Waals surface area contributed by atoms with E-state index in [1.807, 2.05) is 19.9 Å². The maximum atomic E-state index is 12.2. The monoisotopic (exact) mass is 345 g/mol. The molecule has 2 aromatic rings. The van der Waals surface area contributed by atoms with Gasteiger partial charge in [-0.15, -0.1) is 11.3 Å². The van der Waals surface area contributed by atoms with Gasteiger partial charge in [0.15, 0.2) is 11.8 Å². The van der Waals surface area contributed by atoms with Gasteiger partial charge in [0.2, 0.25) is 5.91 Å². The molecule has 0 fully saturated rings. The van der Waals surface area contributed by atoms with Crippen LogP contribution in [0.15, 0.2) is 36.4 Å². The number of ketones is 1. The average Bonchev–Trinajstić information content (AvgIpc) is 2.89. The zero-order chi connectivity index (χ0) is 17.7. The van der Waals surface area contributed by atoms with Gasteiger partial charge in [-0.2, -0.15) is 0 Å². The number of amides is 1. The highest BCUT2D eigenvalue weighted by Gasteiger charge is 2.22. The van der Waals surface area contributed by atoms with Gasteiger partial charge in [-0.25, -0.2) is 4.79 Å². The van der Waals surface area contributed by atoms with Crippen LogP contribution in [0.3, 0.4) is 0 Å². The van der Waals surface area contributed by atoms with Gasteiger partial charge in [-0.05, 0) is 25.5 Å². The Bertz CT molecular complexity index is 752. The number of hydrogen-bond acceptors (Lipinski definition) is 4. The number of benzene rings is 1. The molecule has 1 aromatic carbocycles. The summed E-state index contributed by atoms with van der Waals surface area (Å²) in [5.74, 6) is -1.69. The molecular formula is C18H19NO4S. The number of rotatable bonds is 7. The molecule has 0 aliphatic rings. The van der Waals surface area contributed by atoms with E-state index in [0.717, 1.165) is 9.75 Å². The van der Waals surface area contributed by atoms with Gasteiger partial charge in [0.05, 0.1) is 0 Å². The minimum atomic E-state index is -1.13.